The Morgan fingerprint density at radius 1 is 1.25 bits per heavy atom. The zero-order chi connectivity index (χ0) is 11.5. The first kappa shape index (κ1) is 11.6. The van der Waals surface area contributed by atoms with E-state index in [-0.39, 0.29) is 0 Å². The molecule has 1 aromatic carbocycles. The highest BCUT2D eigenvalue weighted by Gasteiger charge is 2.02. The molecule has 0 radical (unpaired) electrons. The number of nitrogens with two attached hydrogens (primary N) is 1. The quantitative estimate of drug-likeness (QED) is 0.852. The van der Waals surface area contributed by atoms with Gasteiger partial charge < -0.3 is 5.73 Å². The second-order valence-corrected chi connectivity index (χ2v) is 4.92. The highest BCUT2D eigenvalue weighted by atomic mass is 127. The van der Waals surface area contributed by atoms with Gasteiger partial charge in [0.1, 0.15) is 11.6 Å². The summed E-state index contributed by atoms with van der Waals surface area (Å²) in [4.78, 5) is 8.44. The van der Waals surface area contributed by atoms with Crippen LogP contribution >= 0.6 is 34.2 Å². The van der Waals surface area contributed by atoms with E-state index < -0.39 is 0 Å². The number of hydrogen-bond donors (Lipinski definition) is 1. The molecule has 82 valence electrons. The van der Waals surface area contributed by atoms with Crippen LogP contribution in [-0.2, 0) is 6.42 Å². The summed E-state index contributed by atoms with van der Waals surface area (Å²) in [7, 11) is 0. The Hall–Kier alpha value is -0.880. The van der Waals surface area contributed by atoms with Crippen LogP contribution in [0, 0.1) is 3.57 Å². The fraction of sp³-hybridized carbons (Fsp3) is 0.0909. The Morgan fingerprint density at radius 2 is 1.94 bits per heavy atom. The minimum absolute atomic E-state index is 0.527. The molecule has 5 heteroatoms. The third kappa shape index (κ3) is 2.82. The highest BCUT2D eigenvalue weighted by Crippen LogP contribution is 2.14. The smallest absolute Gasteiger partial charge is 0.140 e. The zero-order valence-electron chi connectivity index (χ0n) is 8.32. The first-order valence-electron chi connectivity index (χ1n) is 4.66. The monoisotopic (exact) mass is 345 g/mol. The van der Waals surface area contributed by atoms with Crippen molar-refractivity contribution >= 4 is 40.0 Å². The predicted molar refractivity (Wildman–Crippen MR) is 73.4 cm³/mol. The lowest BCUT2D eigenvalue weighted by molar-refractivity contribution is 0.968. The van der Waals surface area contributed by atoms with Gasteiger partial charge in [0, 0.05) is 17.6 Å². The number of halogens is 2. The summed E-state index contributed by atoms with van der Waals surface area (Å²) in [5.41, 5.74) is 6.83. The molecule has 0 aliphatic rings. The van der Waals surface area contributed by atoms with Gasteiger partial charge in [0.15, 0.2) is 0 Å². The van der Waals surface area contributed by atoms with E-state index in [2.05, 4.69) is 32.6 Å². The van der Waals surface area contributed by atoms with Gasteiger partial charge in [0.25, 0.3) is 0 Å². The Morgan fingerprint density at radius 3 is 2.56 bits per heavy atom. The molecular formula is C11H9ClIN3. The average Bonchev–Trinajstić information content (AvgIpc) is 2.27. The molecule has 0 saturated heterocycles. The van der Waals surface area contributed by atoms with Crippen LogP contribution in [0.2, 0.25) is 5.02 Å². The van der Waals surface area contributed by atoms with Crippen molar-refractivity contribution in [3.63, 3.8) is 0 Å². The minimum Gasteiger partial charge on any atom is -0.383 e. The molecule has 0 amide bonds. The van der Waals surface area contributed by atoms with Gasteiger partial charge in [-0.2, -0.15) is 0 Å². The number of nitrogen functional groups attached to an aromatic ring is 1. The van der Waals surface area contributed by atoms with Crippen LogP contribution in [0.3, 0.4) is 0 Å². The predicted octanol–water partition coefficient (Wildman–Crippen LogP) is 2.91. The number of aromatic nitrogens is 2. The largest absolute Gasteiger partial charge is 0.383 e. The van der Waals surface area contributed by atoms with E-state index in [1.165, 1.54) is 0 Å². The topological polar surface area (TPSA) is 51.8 Å². The third-order valence-electron chi connectivity index (χ3n) is 2.10. The van der Waals surface area contributed by atoms with Gasteiger partial charge in [-0.3, -0.25) is 0 Å². The molecule has 2 rings (SSSR count). The molecule has 3 nitrogen and oxygen atoms in total. The SMILES string of the molecule is Nc1nc(Cc2ccc(Cl)cc2)ncc1I. The second-order valence-electron chi connectivity index (χ2n) is 3.32. The van der Waals surface area contributed by atoms with E-state index in [0.29, 0.717) is 12.2 Å². The van der Waals surface area contributed by atoms with E-state index >= 15 is 0 Å². The molecule has 1 heterocycles. The number of rotatable bonds is 2. The summed E-state index contributed by atoms with van der Waals surface area (Å²) < 4.78 is 0.873. The van der Waals surface area contributed by atoms with E-state index in [4.69, 9.17) is 17.3 Å². The van der Waals surface area contributed by atoms with Crippen LogP contribution in [0.25, 0.3) is 0 Å². The van der Waals surface area contributed by atoms with Crippen LogP contribution in [0.4, 0.5) is 5.82 Å². The molecule has 0 unspecified atom stereocenters. The van der Waals surface area contributed by atoms with E-state index in [1.54, 1.807) is 6.20 Å². The van der Waals surface area contributed by atoms with Gasteiger partial charge >= 0.3 is 0 Å². The van der Waals surface area contributed by atoms with Crippen LogP contribution in [0.15, 0.2) is 30.5 Å². The summed E-state index contributed by atoms with van der Waals surface area (Å²) in [6.45, 7) is 0. The standard InChI is InChI=1S/C11H9ClIN3/c12-8-3-1-7(2-4-8)5-10-15-6-9(13)11(14)16-10/h1-4,6H,5H2,(H2,14,15,16). The summed E-state index contributed by atoms with van der Waals surface area (Å²) in [5.74, 6) is 1.25. The van der Waals surface area contributed by atoms with Gasteiger partial charge in [-0.15, -0.1) is 0 Å². The lowest BCUT2D eigenvalue weighted by Crippen LogP contribution is -2.02. The van der Waals surface area contributed by atoms with Crippen molar-refractivity contribution in [1.29, 1.82) is 0 Å². The number of hydrogen-bond acceptors (Lipinski definition) is 3. The average molecular weight is 346 g/mol. The zero-order valence-corrected chi connectivity index (χ0v) is 11.2. The van der Waals surface area contributed by atoms with Gasteiger partial charge in [0.05, 0.1) is 3.57 Å². The van der Waals surface area contributed by atoms with Crippen molar-refractivity contribution in [3.8, 4) is 0 Å². The van der Waals surface area contributed by atoms with Gasteiger partial charge in [-0.1, -0.05) is 23.7 Å². The Bertz CT molecular complexity index is 499. The summed E-state index contributed by atoms with van der Waals surface area (Å²) >= 11 is 7.92. The normalized spacial score (nSPS) is 10.4. The number of nitrogens with zero attached hydrogens (tertiary/aromatic N) is 2. The summed E-state index contributed by atoms with van der Waals surface area (Å²) in [5, 5.41) is 0.729. The van der Waals surface area contributed by atoms with Crippen molar-refractivity contribution in [2.45, 2.75) is 6.42 Å². The lowest BCUT2D eigenvalue weighted by Gasteiger charge is -2.02. The maximum Gasteiger partial charge on any atom is 0.140 e. The molecule has 0 saturated carbocycles. The fourth-order valence-electron chi connectivity index (χ4n) is 1.29. The molecule has 0 fully saturated rings. The molecule has 2 N–H and O–H groups in total. The lowest BCUT2D eigenvalue weighted by atomic mass is 10.1. The van der Waals surface area contributed by atoms with Crippen molar-refractivity contribution < 1.29 is 0 Å². The minimum atomic E-state index is 0.527. The Kier molecular flexibility index (Phi) is 3.60. The molecular weight excluding hydrogens is 336 g/mol. The molecule has 0 aliphatic heterocycles. The first-order chi connectivity index (χ1) is 7.65. The van der Waals surface area contributed by atoms with Crippen molar-refractivity contribution in [1.82, 2.24) is 9.97 Å². The maximum absolute atomic E-state index is 5.81. The molecule has 0 spiro atoms. The molecule has 2 aromatic rings. The fourth-order valence-corrected chi connectivity index (χ4v) is 1.67. The molecule has 0 bridgehead atoms. The van der Waals surface area contributed by atoms with Crippen LogP contribution < -0.4 is 5.73 Å². The van der Waals surface area contributed by atoms with Crippen LogP contribution in [0.1, 0.15) is 11.4 Å². The maximum atomic E-state index is 5.81. The number of benzene rings is 1. The van der Waals surface area contributed by atoms with Crippen molar-refractivity contribution in [3.05, 3.63) is 50.4 Å². The van der Waals surface area contributed by atoms with E-state index in [1.807, 2.05) is 24.3 Å². The second kappa shape index (κ2) is 4.97. The van der Waals surface area contributed by atoms with E-state index in [0.717, 1.165) is 20.0 Å². The highest BCUT2D eigenvalue weighted by molar-refractivity contribution is 14.1. The van der Waals surface area contributed by atoms with E-state index in [9.17, 15) is 0 Å². The van der Waals surface area contributed by atoms with Crippen LogP contribution in [0.5, 0.6) is 0 Å². The molecule has 0 aliphatic carbocycles. The molecule has 16 heavy (non-hydrogen) atoms. The van der Waals surface area contributed by atoms with Gasteiger partial charge in [0.2, 0.25) is 0 Å². The van der Waals surface area contributed by atoms with Crippen molar-refractivity contribution in [2.24, 2.45) is 0 Å². The van der Waals surface area contributed by atoms with Crippen LogP contribution in [-0.4, -0.2) is 9.97 Å². The molecule has 1 aromatic heterocycles. The Labute approximate surface area is 112 Å². The Balaban J connectivity index is 2.20. The van der Waals surface area contributed by atoms with Gasteiger partial charge in [-0.05, 0) is 40.3 Å². The summed E-state index contributed by atoms with van der Waals surface area (Å²) in [6.07, 6.45) is 2.40. The number of anilines is 1. The third-order valence-corrected chi connectivity index (χ3v) is 3.18. The molecule has 0 atom stereocenters. The first-order valence-corrected chi connectivity index (χ1v) is 6.12. The van der Waals surface area contributed by atoms with Crippen molar-refractivity contribution in [2.75, 3.05) is 5.73 Å². The van der Waals surface area contributed by atoms with Gasteiger partial charge in [-0.25, -0.2) is 9.97 Å². The summed E-state index contributed by atoms with van der Waals surface area (Å²) in [6, 6.07) is 7.62.